The van der Waals surface area contributed by atoms with Crippen molar-refractivity contribution in [3.63, 3.8) is 0 Å². The molecule has 0 bridgehead atoms. The van der Waals surface area contributed by atoms with Crippen molar-refractivity contribution < 1.29 is 14.7 Å². The fraction of sp³-hybridized carbons (Fsp3) is 0.438. The molecule has 1 aromatic rings. The summed E-state index contributed by atoms with van der Waals surface area (Å²) in [5.41, 5.74) is 2.06. The summed E-state index contributed by atoms with van der Waals surface area (Å²) in [6.07, 6.45) is 2.29. The van der Waals surface area contributed by atoms with E-state index in [9.17, 15) is 9.59 Å². The van der Waals surface area contributed by atoms with E-state index >= 15 is 0 Å². The van der Waals surface area contributed by atoms with Crippen LogP contribution in [-0.2, 0) is 9.59 Å². The highest BCUT2D eigenvalue weighted by Gasteiger charge is 2.29. The molecule has 1 fully saturated rings. The maximum Gasteiger partial charge on any atom is 0.306 e. The molecule has 21 heavy (non-hydrogen) atoms. The lowest BCUT2D eigenvalue weighted by atomic mass is 9.81. The molecule has 0 heterocycles. The number of carbonyl (C=O) groups excluding carboxylic acids is 1. The number of nitriles is 1. The van der Waals surface area contributed by atoms with E-state index in [4.69, 9.17) is 10.4 Å². The number of anilines is 1. The number of hydrogen-bond acceptors (Lipinski definition) is 3. The number of nitrogens with zero attached hydrogens (tertiary/aromatic N) is 1. The molecule has 5 heteroatoms. The molecule has 2 rings (SSSR count). The van der Waals surface area contributed by atoms with Crippen LogP contribution in [0.15, 0.2) is 18.2 Å². The van der Waals surface area contributed by atoms with Crippen LogP contribution in [0.3, 0.4) is 0 Å². The Morgan fingerprint density at radius 3 is 2.43 bits per heavy atom. The van der Waals surface area contributed by atoms with Crippen LogP contribution < -0.4 is 5.32 Å². The second kappa shape index (κ2) is 6.40. The van der Waals surface area contributed by atoms with E-state index in [0.29, 0.717) is 36.9 Å². The van der Waals surface area contributed by atoms with Crippen molar-refractivity contribution in [2.45, 2.75) is 32.6 Å². The molecular weight excluding hydrogens is 268 g/mol. The van der Waals surface area contributed by atoms with Crippen molar-refractivity contribution in [1.82, 2.24) is 0 Å². The highest BCUT2D eigenvalue weighted by molar-refractivity contribution is 5.93. The molecule has 1 aliphatic rings. The topological polar surface area (TPSA) is 90.2 Å². The third-order valence-corrected chi connectivity index (χ3v) is 4.07. The van der Waals surface area contributed by atoms with Crippen LogP contribution in [0.2, 0.25) is 0 Å². The number of aryl methyl sites for hydroxylation is 1. The van der Waals surface area contributed by atoms with Gasteiger partial charge in [-0.1, -0.05) is 6.07 Å². The first-order valence-corrected chi connectivity index (χ1v) is 7.05. The Morgan fingerprint density at radius 2 is 1.86 bits per heavy atom. The summed E-state index contributed by atoms with van der Waals surface area (Å²) in [7, 11) is 0. The zero-order chi connectivity index (χ0) is 15.4. The minimum atomic E-state index is -0.772. The molecule has 0 aromatic heterocycles. The first-order valence-electron chi connectivity index (χ1n) is 7.05. The van der Waals surface area contributed by atoms with Gasteiger partial charge in [0.05, 0.1) is 17.6 Å². The molecule has 0 aliphatic heterocycles. The zero-order valence-electron chi connectivity index (χ0n) is 11.9. The molecule has 1 aliphatic carbocycles. The second-order valence-corrected chi connectivity index (χ2v) is 5.52. The lowest BCUT2D eigenvalue weighted by molar-refractivity contribution is -0.143. The zero-order valence-corrected chi connectivity index (χ0v) is 11.9. The minimum absolute atomic E-state index is 0.0861. The van der Waals surface area contributed by atoms with Gasteiger partial charge in [0.25, 0.3) is 0 Å². The number of carboxylic acids is 1. The first-order chi connectivity index (χ1) is 10.0. The van der Waals surface area contributed by atoms with Crippen LogP contribution in [0.25, 0.3) is 0 Å². The maximum atomic E-state index is 12.3. The molecule has 1 amide bonds. The molecule has 1 aromatic carbocycles. The Bertz CT molecular complexity index is 596. The molecule has 0 unspecified atom stereocenters. The van der Waals surface area contributed by atoms with E-state index < -0.39 is 5.97 Å². The van der Waals surface area contributed by atoms with Gasteiger partial charge in [-0.05, 0) is 50.3 Å². The number of hydrogen-bond donors (Lipinski definition) is 2. The second-order valence-electron chi connectivity index (χ2n) is 5.52. The third kappa shape index (κ3) is 3.60. The predicted octanol–water partition coefficient (Wildman–Crippen LogP) is 2.70. The Kier molecular flexibility index (Phi) is 4.59. The summed E-state index contributed by atoms with van der Waals surface area (Å²) in [6.45, 7) is 1.87. The lowest BCUT2D eigenvalue weighted by Gasteiger charge is -2.25. The van der Waals surface area contributed by atoms with Gasteiger partial charge in [0.15, 0.2) is 0 Å². The number of benzene rings is 1. The number of amides is 1. The molecular formula is C16H18N2O3. The molecule has 0 radical (unpaired) electrons. The van der Waals surface area contributed by atoms with Crippen LogP contribution >= 0.6 is 0 Å². The van der Waals surface area contributed by atoms with Gasteiger partial charge >= 0.3 is 5.97 Å². The molecule has 1 saturated carbocycles. The van der Waals surface area contributed by atoms with E-state index in [1.165, 1.54) is 0 Å². The maximum absolute atomic E-state index is 12.3. The fourth-order valence-electron chi connectivity index (χ4n) is 2.66. The monoisotopic (exact) mass is 286 g/mol. The van der Waals surface area contributed by atoms with Gasteiger partial charge < -0.3 is 10.4 Å². The van der Waals surface area contributed by atoms with Crippen molar-refractivity contribution in [3.8, 4) is 6.07 Å². The predicted molar refractivity (Wildman–Crippen MR) is 77.6 cm³/mol. The van der Waals surface area contributed by atoms with Crippen LogP contribution in [-0.4, -0.2) is 17.0 Å². The van der Waals surface area contributed by atoms with Crippen LogP contribution in [0.4, 0.5) is 5.69 Å². The van der Waals surface area contributed by atoms with Crippen molar-refractivity contribution >= 4 is 17.6 Å². The molecule has 0 spiro atoms. The Balaban J connectivity index is 2.00. The number of aliphatic carboxylic acids is 1. The van der Waals surface area contributed by atoms with Crippen LogP contribution in [0.5, 0.6) is 0 Å². The lowest BCUT2D eigenvalue weighted by Crippen LogP contribution is -2.29. The molecule has 2 N–H and O–H groups in total. The standard InChI is InChI=1S/C16H18N2O3/c1-10-2-3-11(9-17)8-14(10)18-15(19)12-4-6-13(7-5-12)16(20)21/h2-3,8,12-13H,4-7H2,1H3,(H,18,19)(H,20,21). The van der Waals surface area contributed by atoms with Crippen molar-refractivity contribution in [2.75, 3.05) is 5.32 Å². The molecule has 0 atom stereocenters. The largest absolute Gasteiger partial charge is 0.481 e. The van der Waals surface area contributed by atoms with Gasteiger partial charge in [0, 0.05) is 11.6 Å². The number of carboxylic acid groups (broad SMARTS) is 1. The average Bonchev–Trinajstić information content (AvgIpc) is 2.49. The van der Waals surface area contributed by atoms with E-state index in [2.05, 4.69) is 5.32 Å². The van der Waals surface area contributed by atoms with Crippen LogP contribution in [0.1, 0.15) is 36.8 Å². The summed E-state index contributed by atoms with van der Waals surface area (Å²) >= 11 is 0. The number of carbonyl (C=O) groups is 2. The first kappa shape index (κ1) is 15.0. The number of rotatable bonds is 3. The molecule has 110 valence electrons. The van der Waals surface area contributed by atoms with E-state index in [-0.39, 0.29) is 17.7 Å². The van der Waals surface area contributed by atoms with E-state index in [1.807, 2.05) is 13.0 Å². The average molecular weight is 286 g/mol. The van der Waals surface area contributed by atoms with Gasteiger partial charge in [-0.2, -0.15) is 5.26 Å². The molecule has 5 nitrogen and oxygen atoms in total. The van der Waals surface area contributed by atoms with Crippen LogP contribution in [0, 0.1) is 30.1 Å². The fourth-order valence-corrected chi connectivity index (χ4v) is 2.66. The molecule has 0 saturated heterocycles. The minimum Gasteiger partial charge on any atom is -0.481 e. The normalized spacial score (nSPS) is 21.3. The quantitative estimate of drug-likeness (QED) is 0.893. The Labute approximate surface area is 123 Å². The van der Waals surface area contributed by atoms with E-state index in [0.717, 1.165) is 5.56 Å². The van der Waals surface area contributed by atoms with Gasteiger partial charge in [-0.25, -0.2) is 0 Å². The van der Waals surface area contributed by atoms with Crippen molar-refractivity contribution in [3.05, 3.63) is 29.3 Å². The number of nitrogens with one attached hydrogen (secondary N) is 1. The SMILES string of the molecule is Cc1ccc(C#N)cc1NC(=O)C1CCC(C(=O)O)CC1. The highest BCUT2D eigenvalue weighted by Crippen LogP contribution is 2.30. The van der Waals surface area contributed by atoms with E-state index in [1.54, 1.807) is 18.2 Å². The Hall–Kier alpha value is -2.35. The van der Waals surface area contributed by atoms with Gasteiger partial charge in [-0.3, -0.25) is 9.59 Å². The van der Waals surface area contributed by atoms with Crippen molar-refractivity contribution in [1.29, 1.82) is 5.26 Å². The summed E-state index contributed by atoms with van der Waals surface area (Å²) in [4.78, 5) is 23.2. The smallest absolute Gasteiger partial charge is 0.306 e. The van der Waals surface area contributed by atoms with Gasteiger partial charge in [0.2, 0.25) is 5.91 Å². The van der Waals surface area contributed by atoms with Crippen molar-refractivity contribution in [2.24, 2.45) is 11.8 Å². The third-order valence-electron chi connectivity index (χ3n) is 4.07. The summed E-state index contributed by atoms with van der Waals surface area (Å²) < 4.78 is 0. The summed E-state index contributed by atoms with van der Waals surface area (Å²) in [5, 5.41) is 20.7. The summed E-state index contributed by atoms with van der Waals surface area (Å²) in [5.74, 6) is -1.33. The highest BCUT2D eigenvalue weighted by atomic mass is 16.4. The van der Waals surface area contributed by atoms with Gasteiger partial charge in [-0.15, -0.1) is 0 Å². The summed E-state index contributed by atoms with van der Waals surface area (Å²) in [6, 6.07) is 7.22. The van der Waals surface area contributed by atoms with Gasteiger partial charge in [0.1, 0.15) is 0 Å². The Morgan fingerprint density at radius 1 is 1.24 bits per heavy atom.